The lowest BCUT2D eigenvalue weighted by atomic mass is 10.1. The molecule has 1 aromatic heterocycles. The summed E-state index contributed by atoms with van der Waals surface area (Å²) in [6.07, 6.45) is 4.02. The average molecular weight is 431 g/mol. The molecule has 0 spiro atoms. The first-order valence-corrected chi connectivity index (χ1v) is 11.6. The van der Waals surface area contributed by atoms with Crippen LogP contribution < -0.4 is 0 Å². The molecule has 3 rings (SSSR count). The minimum atomic E-state index is -0.293. The highest BCUT2D eigenvalue weighted by molar-refractivity contribution is 7.10. The largest absolute Gasteiger partial charge is 0.332 e. The number of hydrogen-bond acceptors (Lipinski definition) is 3. The van der Waals surface area contributed by atoms with Crippen molar-refractivity contribution in [1.82, 2.24) is 9.80 Å². The van der Waals surface area contributed by atoms with E-state index in [-0.39, 0.29) is 36.1 Å². The van der Waals surface area contributed by atoms with Crippen LogP contribution in [-0.4, -0.2) is 34.2 Å². The summed E-state index contributed by atoms with van der Waals surface area (Å²) in [7, 11) is 0. The Balaban J connectivity index is 1.77. The summed E-state index contributed by atoms with van der Waals surface area (Å²) in [5.74, 6) is -0.221. The predicted octanol–water partition coefficient (Wildman–Crippen LogP) is 5.15. The maximum atomic E-state index is 13.3. The Morgan fingerprint density at radius 1 is 1.10 bits per heavy atom. The molecule has 1 aliphatic rings. The second-order valence-electron chi connectivity index (χ2n) is 8.44. The van der Waals surface area contributed by atoms with Crippen molar-refractivity contribution in [3.8, 4) is 0 Å². The molecular weight excluding hydrogens is 399 g/mol. The summed E-state index contributed by atoms with van der Waals surface area (Å²) in [6, 6.07) is 8.27. The second kappa shape index (κ2) is 10.2. The van der Waals surface area contributed by atoms with Crippen molar-refractivity contribution in [2.75, 3.05) is 6.54 Å². The number of halogens is 1. The zero-order valence-corrected chi connectivity index (χ0v) is 18.9. The minimum absolute atomic E-state index is 0.0294. The van der Waals surface area contributed by atoms with Gasteiger partial charge in [0.05, 0.1) is 6.54 Å². The van der Waals surface area contributed by atoms with Crippen molar-refractivity contribution in [2.45, 2.75) is 65.6 Å². The highest BCUT2D eigenvalue weighted by Gasteiger charge is 2.31. The van der Waals surface area contributed by atoms with Crippen LogP contribution in [0.2, 0.25) is 0 Å². The lowest BCUT2D eigenvalue weighted by Gasteiger charge is -2.32. The van der Waals surface area contributed by atoms with Gasteiger partial charge in [-0.1, -0.05) is 25.0 Å². The Morgan fingerprint density at radius 3 is 2.33 bits per heavy atom. The first kappa shape index (κ1) is 22.5. The molecule has 0 aliphatic heterocycles. The Kier molecular flexibility index (Phi) is 7.64. The molecule has 2 amide bonds. The van der Waals surface area contributed by atoms with Crippen molar-refractivity contribution in [3.05, 3.63) is 57.5 Å². The third-order valence-corrected chi connectivity index (χ3v) is 6.87. The third-order valence-electron chi connectivity index (χ3n) is 5.86. The van der Waals surface area contributed by atoms with Gasteiger partial charge >= 0.3 is 0 Å². The Bertz CT molecular complexity index is 856. The first-order chi connectivity index (χ1) is 14.3. The summed E-state index contributed by atoms with van der Waals surface area (Å²) >= 11 is 1.63. The fourth-order valence-corrected chi connectivity index (χ4v) is 4.87. The van der Waals surface area contributed by atoms with Crippen LogP contribution in [0, 0.1) is 18.7 Å². The normalized spacial score (nSPS) is 14.3. The van der Waals surface area contributed by atoms with Crippen molar-refractivity contribution >= 4 is 23.2 Å². The van der Waals surface area contributed by atoms with Gasteiger partial charge in [0, 0.05) is 23.4 Å². The van der Waals surface area contributed by atoms with Crippen molar-refractivity contribution in [3.63, 3.8) is 0 Å². The molecule has 1 fully saturated rings. The molecule has 30 heavy (non-hydrogen) atoms. The Morgan fingerprint density at radius 2 is 1.77 bits per heavy atom. The van der Waals surface area contributed by atoms with E-state index >= 15 is 0 Å². The van der Waals surface area contributed by atoms with E-state index < -0.39 is 0 Å². The third kappa shape index (κ3) is 5.69. The van der Waals surface area contributed by atoms with Gasteiger partial charge in [0.25, 0.3) is 0 Å². The van der Waals surface area contributed by atoms with Crippen LogP contribution in [0.15, 0.2) is 35.7 Å². The quantitative estimate of drug-likeness (QED) is 0.581. The summed E-state index contributed by atoms with van der Waals surface area (Å²) in [5.41, 5.74) is 2.02. The van der Waals surface area contributed by atoms with Gasteiger partial charge in [-0.3, -0.25) is 9.59 Å². The number of aryl methyl sites for hydroxylation is 1. The second-order valence-corrected chi connectivity index (χ2v) is 9.44. The van der Waals surface area contributed by atoms with Gasteiger partial charge in [0.15, 0.2) is 0 Å². The van der Waals surface area contributed by atoms with Crippen LogP contribution in [0.1, 0.15) is 55.5 Å². The summed E-state index contributed by atoms with van der Waals surface area (Å²) in [4.78, 5) is 31.0. The number of carbonyl (C=O) groups excluding carboxylic acids is 2. The van der Waals surface area contributed by atoms with Gasteiger partial charge < -0.3 is 9.80 Å². The van der Waals surface area contributed by atoms with Gasteiger partial charge in [0.2, 0.25) is 11.8 Å². The van der Waals surface area contributed by atoms with Gasteiger partial charge in [-0.25, -0.2) is 4.39 Å². The molecule has 4 nitrogen and oxygen atoms in total. The Hall–Kier alpha value is -2.21. The molecule has 1 saturated carbocycles. The van der Waals surface area contributed by atoms with Crippen LogP contribution in [0.4, 0.5) is 4.39 Å². The van der Waals surface area contributed by atoms with E-state index in [9.17, 15) is 14.0 Å². The van der Waals surface area contributed by atoms with Crippen LogP contribution in [0.5, 0.6) is 0 Å². The highest BCUT2D eigenvalue weighted by atomic mass is 32.1. The molecule has 162 valence electrons. The summed E-state index contributed by atoms with van der Waals surface area (Å²) in [6.45, 7) is 6.93. The highest BCUT2D eigenvalue weighted by Crippen LogP contribution is 2.27. The summed E-state index contributed by atoms with van der Waals surface area (Å²) in [5, 5.41) is 2.02. The van der Waals surface area contributed by atoms with Crippen molar-refractivity contribution in [2.24, 2.45) is 5.92 Å². The zero-order valence-electron chi connectivity index (χ0n) is 18.1. The van der Waals surface area contributed by atoms with Crippen molar-refractivity contribution < 1.29 is 14.0 Å². The van der Waals surface area contributed by atoms with Crippen molar-refractivity contribution in [1.29, 1.82) is 0 Å². The lowest BCUT2D eigenvalue weighted by Crippen LogP contribution is -2.47. The molecule has 0 unspecified atom stereocenters. The monoisotopic (exact) mass is 430 g/mol. The number of benzene rings is 1. The number of nitrogens with zero attached hydrogens (tertiary/aromatic N) is 2. The molecular formula is C24H31FN2O2S. The number of amides is 2. The lowest BCUT2D eigenvalue weighted by molar-refractivity contribution is -0.145. The van der Waals surface area contributed by atoms with Gasteiger partial charge in [-0.05, 0) is 68.3 Å². The zero-order chi connectivity index (χ0) is 21.7. The standard InChI is InChI=1S/C24H31FN2O2S/c1-17(2)27(24(29)20-6-4-5-7-20)16-23(28)26(15-22-18(3)12-13-30-22)14-19-8-10-21(25)11-9-19/h8-13,17,20H,4-7,14-16H2,1-3H3. The van der Waals surface area contributed by atoms with E-state index in [1.807, 2.05) is 32.2 Å². The van der Waals surface area contributed by atoms with E-state index in [1.54, 1.807) is 33.3 Å². The van der Waals surface area contributed by atoms with E-state index in [4.69, 9.17) is 0 Å². The maximum Gasteiger partial charge on any atom is 0.242 e. The number of thiophene rings is 1. The summed E-state index contributed by atoms with van der Waals surface area (Å²) < 4.78 is 13.3. The molecule has 0 atom stereocenters. The molecule has 0 bridgehead atoms. The SMILES string of the molecule is Cc1ccsc1CN(Cc1ccc(F)cc1)C(=O)CN(C(=O)C1CCCC1)C(C)C. The van der Waals surface area contributed by atoms with E-state index in [1.165, 1.54) is 12.1 Å². The maximum absolute atomic E-state index is 13.3. The van der Waals surface area contributed by atoms with Crippen LogP contribution in [0.3, 0.4) is 0 Å². The van der Waals surface area contributed by atoms with Gasteiger partial charge in [-0.15, -0.1) is 11.3 Å². The molecule has 0 saturated heterocycles. The minimum Gasteiger partial charge on any atom is -0.332 e. The van der Waals surface area contributed by atoms with Gasteiger partial charge in [0.1, 0.15) is 12.4 Å². The smallest absolute Gasteiger partial charge is 0.242 e. The van der Waals surface area contributed by atoms with E-state index in [0.717, 1.165) is 41.7 Å². The average Bonchev–Trinajstić information content (AvgIpc) is 3.38. The molecule has 1 heterocycles. The Labute approximate surface area is 182 Å². The topological polar surface area (TPSA) is 40.6 Å². The fourth-order valence-electron chi connectivity index (χ4n) is 3.95. The number of hydrogen-bond donors (Lipinski definition) is 0. The molecule has 6 heteroatoms. The van der Waals surface area contributed by atoms with Crippen LogP contribution in [-0.2, 0) is 22.7 Å². The van der Waals surface area contributed by atoms with E-state index in [0.29, 0.717) is 13.1 Å². The molecule has 0 radical (unpaired) electrons. The molecule has 1 aliphatic carbocycles. The fraction of sp³-hybridized carbons (Fsp3) is 0.500. The molecule has 0 N–H and O–H groups in total. The van der Waals surface area contributed by atoms with Crippen LogP contribution >= 0.6 is 11.3 Å². The first-order valence-electron chi connectivity index (χ1n) is 10.7. The van der Waals surface area contributed by atoms with E-state index in [2.05, 4.69) is 0 Å². The predicted molar refractivity (Wildman–Crippen MR) is 119 cm³/mol. The molecule has 2 aromatic rings. The van der Waals surface area contributed by atoms with Gasteiger partial charge in [-0.2, -0.15) is 0 Å². The molecule has 1 aromatic carbocycles. The van der Waals surface area contributed by atoms with Crippen LogP contribution in [0.25, 0.3) is 0 Å². The number of rotatable bonds is 8. The number of carbonyl (C=O) groups is 2.